The van der Waals surface area contributed by atoms with Crippen LogP contribution in [0.3, 0.4) is 0 Å². The van der Waals surface area contributed by atoms with Crippen molar-refractivity contribution in [2.24, 2.45) is 0 Å². The highest BCUT2D eigenvalue weighted by atomic mass is 35.5. The fourth-order valence-electron chi connectivity index (χ4n) is 5.04. The average Bonchev–Trinajstić information content (AvgIpc) is 2.91. The summed E-state index contributed by atoms with van der Waals surface area (Å²) < 4.78 is 31.4. The number of nitrogens with zero attached hydrogens (tertiary/aromatic N) is 1. The van der Waals surface area contributed by atoms with Crippen molar-refractivity contribution in [3.8, 4) is 11.1 Å². The van der Waals surface area contributed by atoms with E-state index in [0.29, 0.717) is 53.8 Å². The molecule has 0 radical (unpaired) electrons. The summed E-state index contributed by atoms with van der Waals surface area (Å²) in [6.07, 6.45) is 7.52. The summed E-state index contributed by atoms with van der Waals surface area (Å²) in [4.78, 5) is 4.47. The van der Waals surface area contributed by atoms with E-state index in [4.69, 9.17) is 25.8 Å². The summed E-state index contributed by atoms with van der Waals surface area (Å²) in [6, 6.07) is 7.73. The normalized spacial score (nSPS) is 21.8. The highest BCUT2D eigenvalue weighted by molar-refractivity contribution is 6.33. The van der Waals surface area contributed by atoms with Gasteiger partial charge in [0, 0.05) is 88.5 Å². The second kappa shape index (κ2) is 13.0. The SMILES string of the molecule is COCCN[C@H]1CC[C@H](Nc2cc(-c3cc(NCC4(OC)CCOCC4)ccc3F)c(Cl)cn2)CC1. The molecule has 2 aromatic rings. The van der Waals surface area contributed by atoms with Crippen molar-refractivity contribution in [2.45, 2.75) is 56.2 Å². The van der Waals surface area contributed by atoms with Gasteiger partial charge in [-0.15, -0.1) is 0 Å². The molecule has 2 aliphatic rings. The predicted molar refractivity (Wildman–Crippen MR) is 142 cm³/mol. The smallest absolute Gasteiger partial charge is 0.131 e. The highest BCUT2D eigenvalue weighted by Gasteiger charge is 2.32. The number of benzene rings is 1. The van der Waals surface area contributed by atoms with Crippen molar-refractivity contribution < 1.29 is 18.6 Å². The standard InChI is InChI=1S/C27H38ClFN4O3/c1-34-14-11-30-19-3-5-20(6-4-19)33-26-16-22(24(28)17-31-26)23-15-21(7-8-25(23)29)32-18-27(35-2)9-12-36-13-10-27/h7-8,15-17,19-20,30,32H,3-6,9-14,18H2,1-2H3,(H,31,33)/t19-,20-. The van der Waals surface area contributed by atoms with Crippen LogP contribution in [0.2, 0.25) is 5.02 Å². The summed E-state index contributed by atoms with van der Waals surface area (Å²) in [5.41, 5.74) is 1.60. The van der Waals surface area contributed by atoms with Gasteiger partial charge in [-0.25, -0.2) is 9.37 Å². The number of hydrogen-bond acceptors (Lipinski definition) is 7. The molecule has 0 spiro atoms. The molecule has 0 amide bonds. The van der Waals surface area contributed by atoms with Gasteiger partial charge in [0.25, 0.3) is 0 Å². The first-order chi connectivity index (χ1) is 17.5. The second-order valence-corrected chi connectivity index (χ2v) is 10.1. The maximum Gasteiger partial charge on any atom is 0.131 e. The van der Waals surface area contributed by atoms with Crippen LogP contribution >= 0.6 is 11.6 Å². The number of anilines is 2. The maximum absolute atomic E-state index is 14.9. The van der Waals surface area contributed by atoms with Gasteiger partial charge in [0.05, 0.1) is 17.2 Å². The molecule has 0 unspecified atom stereocenters. The molecule has 2 fully saturated rings. The molecule has 0 bridgehead atoms. The van der Waals surface area contributed by atoms with E-state index in [0.717, 1.165) is 57.4 Å². The molecule has 2 heterocycles. The molecule has 36 heavy (non-hydrogen) atoms. The lowest BCUT2D eigenvalue weighted by atomic mass is 9.91. The summed E-state index contributed by atoms with van der Waals surface area (Å²) >= 11 is 6.49. The van der Waals surface area contributed by atoms with Crippen molar-refractivity contribution in [1.82, 2.24) is 10.3 Å². The first-order valence-electron chi connectivity index (χ1n) is 12.8. The van der Waals surface area contributed by atoms with Crippen molar-refractivity contribution in [2.75, 3.05) is 57.8 Å². The number of aromatic nitrogens is 1. The summed E-state index contributed by atoms with van der Waals surface area (Å²) in [5.74, 6) is 0.387. The summed E-state index contributed by atoms with van der Waals surface area (Å²) in [6.45, 7) is 3.59. The minimum absolute atomic E-state index is 0.281. The van der Waals surface area contributed by atoms with E-state index in [1.165, 1.54) is 6.07 Å². The van der Waals surface area contributed by atoms with E-state index in [-0.39, 0.29) is 11.4 Å². The Morgan fingerprint density at radius 1 is 1.08 bits per heavy atom. The van der Waals surface area contributed by atoms with Gasteiger partial charge in [0.1, 0.15) is 11.6 Å². The van der Waals surface area contributed by atoms with Gasteiger partial charge < -0.3 is 30.2 Å². The second-order valence-electron chi connectivity index (χ2n) is 9.74. The molecule has 7 nitrogen and oxygen atoms in total. The van der Waals surface area contributed by atoms with Crippen LogP contribution in [0.1, 0.15) is 38.5 Å². The molecule has 9 heteroatoms. The van der Waals surface area contributed by atoms with Crippen LogP contribution in [0.25, 0.3) is 11.1 Å². The molecular weight excluding hydrogens is 483 g/mol. The lowest BCUT2D eigenvalue weighted by Gasteiger charge is -2.36. The van der Waals surface area contributed by atoms with Crippen LogP contribution in [0.5, 0.6) is 0 Å². The maximum atomic E-state index is 14.9. The van der Waals surface area contributed by atoms with Gasteiger partial charge in [-0.05, 0) is 49.9 Å². The first kappa shape index (κ1) is 27.1. The van der Waals surface area contributed by atoms with Gasteiger partial charge in [-0.3, -0.25) is 0 Å². The zero-order chi connectivity index (χ0) is 25.4. The summed E-state index contributed by atoms with van der Waals surface area (Å²) in [7, 11) is 3.46. The van der Waals surface area contributed by atoms with Crippen LogP contribution in [0.15, 0.2) is 30.5 Å². The van der Waals surface area contributed by atoms with Crippen molar-refractivity contribution in [1.29, 1.82) is 0 Å². The van der Waals surface area contributed by atoms with Crippen LogP contribution in [0, 0.1) is 5.82 Å². The van der Waals surface area contributed by atoms with Crippen molar-refractivity contribution in [3.05, 3.63) is 41.3 Å². The Morgan fingerprint density at radius 2 is 1.83 bits per heavy atom. The first-order valence-corrected chi connectivity index (χ1v) is 13.2. The molecule has 198 valence electrons. The lowest BCUT2D eigenvalue weighted by Crippen LogP contribution is -2.44. The number of methoxy groups -OCH3 is 2. The van der Waals surface area contributed by atoms with E-state index < -0.39 is 0 Å². The van der Waals surface area contributed by atoms with Crippen LogP contribution in [-0.2, 0) is 14.2 Å². The Morgan fingerprint density at radius 3 is 2.56 bits per heavy atom. The third kappa shape index (κ3) is 7.07. The largest absolute Gasteiger partial charge is 0.383 e. The number of hydrogen-bond donors (Lipinski definition) is 3. The fourth-order valence-corrected chi connectivity index (χ4v) is 5.25. The van der Waals surface area contributed by atoms with Gasteiger partial charge in [-0.2, -0.15) is 0 Å². The Bertz CT molecular complexity index is 981. The predicted octanol–water partition coefficient (Wildman–Crippen LogP) is 5.11. The van der Waals surface area contributed by atoms with E-state index in [2.05, 4.69) is 20.9 Å². The molecule has 1 aliphatic heterocycles. The van der Waals surface area contributed by atoms with Crippen molar-refractivity contribution >= 4 is 23.1 Å². The monoisotopic (exact) mass is 520 g/mol. The minimum atomic E-state index is -0.324. The van der Waals surface area contributed by atoms with E-state index >= 15 is 0 Å². The lowest BCUT2D eigenvalue weighted by molar-refractivity contribution is -0.0807. The Hall–Kier alpha value is -1.97. The molecule has 1 saturated carbocycles. The van der Waals surface area contributed by atoms with Gasteiger partial charge in [-0.1, -0.05) is 11.6 Å². The molecule has 1 saturated heterocycles. The van der Waals surface area contributed by atoms with Crippen LogP contribution in [0.4, 0.5) is 15.9 Å². The zero-order valence-electron chi connectivity index (χ0n) is 21.2. The van der Waals surface area contributed by atoms with Gasteiger partial charge in [0.2, 0.25) is 0 Å². The van der Waals surface area contributed by atoms with E-state index in [9.17, 15) is 4.39 Å². The van der Waals surface area contributed by atoms with Gasteiger partial charge >= 0.3 is 0 Å². The highest BCUT2D eigenvalue weighted by Crippen LogP contribution is 2.34. The van der Waals surface area contributed by atoms with E-state index in [1.54, 1.807) is 32.5 Å². The molecule has 4 rings (SSSR count). The third-order valence-corrected chi connectivity index (χ3v) is 7.68. The number of halogens is 2. The Balaban J connectivity index is 1.41. The Kier molecular flexibility index (Phi) is 9.79. The minimum Gasteiger partial charge on any atom is -0.383 e. The average molecular weight is 521 g/mol. The molecule has 1 aliphatic carbocycles. The van der Waals surface area contributed by atoms with Gasteiger partial charge in [0.15, 0.2) is 0 Å². The number of nitrogens with one attached hydrogen (secondary N) is 3. The summed E-state index contributed by atoms with van der Waals surface area (Å²) in [5, 5.41) is 10.9. The molecule has 1 aromatic heterocycles. The zero-order valence-corrected chi connectivity index (χ0v) is 22.0. The van der Waals surface area contributed by atoms with Crippen LogP contribution in [-0.4, -0.2) is 69.8 Å². The molecule has 0 atom stereocenters. The number of pyridine rings is 1. The van der Waals surface area contributed by atoms with E-state index in [1.807, 2.05) is 6.07 Å². The third-order valence-electron chi connectivity index (χ3n) is 7.38. The Labute approximate surface area is 218 Å². The fraction of sp³-hybridized carbons (Fsp3) is 0.593. The molecule has 1 aromatic carbocycles. The molecule has 3 N–H and O–H groups in total. The topological polar surface area (TPSA) is 76.7 Å². The quantitative estimate of drug-likeness (QED) is 0.355. The van der Waals surface area contributed by atoms with Crippen molar-refractivity contribution in [3.63, 3.8) is 0 Å². The number of rotatable bonds is 11. The number of ether oxygens (including phenoxy) is 3. The van der Waals surface area contributed by atoms with Crippen LogP contribution < -0.4 is 16.0 Å². The molecular formula is C27H38ClFN4O3.